The van der Waals surface area contributed by atoms with Gasteiger partial charge in [0.15, 0.2) is 0 Å². The quantitative estimate of drug-likeness (QED) is 0.504. The van der Waals surface area contributed by atoms with Crippen LogP contribution in [0, 0.1) is 11.7 Å². The standard InChI is InChI=1S/C23H28BrFN2O2S/c1-16(2)12-26-23(29)17(3)27(13-19-5-4-6-20(24)11-19)22(28)15-30-14-18-7-9-21(25)10-8-18/h4-11,16-17H,12-15H2,1-3H3,(H,26,29)/t17-/m0/s1. The minimum absolute atomic E-state index is 0.103. The van der Waals surface area contributed by atoms with Crippen molar-refractivity contribution in [3.63, 3.8) is 0 Å². The third kappa shape index (κ3) is 8.11. The van der Waals surface area contributed by atoms with Crippen LogP contribution in [-0.2, 0) is 21.9 Å². The van der Waals surface area contributed by atoms with Gasteiger partial charge in [0.25, 0.3) is 0 Å². The molecule has 7 heteroatoms. The first kappa shape index (κ1) is 24.4. The summed E-state index contributed by atoms with van der Waals surface area (Å²) in [6.45, 7) is 6.74. The summed E-state index contributed by atoms with van der Waals surface area (Å²) in [6.07, 6.45) is 0. The summed E-state index contributed by atoms with van der Waals surface area (Å²) in [5, 5.41) is 2.92. The van der Waals surface area contributed by atoms with Crippen LogP contribution >= 0.6 is 27.7 Å². The number of hydrogen-bond acceptors (Lipinski definition) is 3. The van der Waals surface area contributed by atoms with Gasteiger partial charge in [-0.25, -0.2) is 4.39 Å². The lowest BCUT2D eigenvalue weighted by molar-refractivity contribution is -0.138. The van der Waals surface area contributed by atoms with E-state index in [1.54, 1.807) is 24.0 Å². The summed E-state index contributed by atoms with van der Waals surface area (Å²) >= 11 is 4.91. The lowest BCUT2D eigenvalue weighted by Gasteiger charge is -2.29. The van der Waals surface area contributed by atoms with Crippen LogP contribution in [-0.4, -0.2) is 35.1 Å². The molecular weight excluding hydrogens is 467 g/mol. The predicted molar refractivity (Wildman–Crippen MR) is 125 cm³/mol. The van der Waals surface area contributed by atoms with Crippen LogP contribution in [0.4, 0.5) is 4.39 Å². The third-order valence-electron chi connectivity index (χ3n) is 4.50. The maximum Gasteiger partial charge on any atom is 0.242 e. The lowest BCUT2D eigenvalue weighted by atomic mass is 10.1. The van der Waals surface area contributed by atoms with E-state index < -0.39 is 6.04 Å². The SMILES string of the molecule is CC(C)CNC(=O)[C@H](C)N(Cc1cccc(Br)c1)C(=O)CSCc1ccc(F)cc1. The van der Waals surface area contributed by atoms with Crippen LogP contribution in [0.25, 0.3) is 0 Å². The number of carbonyl (C=O) groups is 2. The first-order chi connectivity index (χ1) is 14.3. The third-order valence-corrected chi connectivity index (χ3v) is 5.98. The van der Waals surface area contributed by atoms with Crippen LogP contribution in [0.2, 0.25) is 0 Å². The van der Waals surface area contributed by atoms with E-state index in [1.165, 1.54) is 23.9 Å². The van der Waals surface area contributed by atoms with E-state index in [1.807, 2.05) is 38.1 Å². The van der Waals surface area contributed by atoms with Crippen molar-refractivity contribution in [3.05, 3.63) is 69.9 Å². The van der Waals surface area contributed by atoms with Gasteiger partial charge in [-0.1, -0.05) is 54.0 Å². The number of carbonyl (C=O) groups excluding carboxylic acids is 2. The van der Waals surface area contributed by atoms with Crippen LogP contribution in [0.1, 0.15) is 31.9 Å². The van der Waals surface area contributed by atoms with E-state index >= 15 is 0 Å². The van der Waals surface area contributed by atoms with Gasteiger partial charge in [0, 0.05) is 23.3 Å². The smallest absolute Gasteiger partial charge is 0.242 e. The highest BCUT2D eigenvalue weighted by Gasteiger charge is 2.26. The van der Waals surface area contributed by atoms with Crippen molar-refractivity contribution in [2.24, 2.45) is 5.92 Å². The van der Waals surface area contributed by atoms with Crippen LogP contribution in [0.3, 0.4) is 0 Å². The maximum absolute atomic E-state index is 13.0. The Balaban J connectivity index is 2.05. The molecule has 2 rings (SSSR count). The van der Waals surface area contributed by atoms with E-state index in [9.17, 15) is 14.0 Å². The van der Waals surface area contributed by atoms with Gasteiger partial charge in [-0.05, 0) is 48.2 Å². The van der Waals surface area contributed by atoms with Crippen molar-refractivity contribution >= 4 is 39.5 Å². The second kappa shape index (κ2) is 12.1. The summed E-state index contributed by atoms with van der Waals surface area (Å²) < 4.78 is 14.0. The fourth-order valence-electron chi connectivity index (χ4n) is 2.79. The predicted octanol–water partition coefficient (Wildman–Crippen LogP) is 5.01. The number of amides is 2. The number of benzene rings is 2. The molecule has 2 amide bonds. The van der Waals surface area contributed by atoms with Gasteiger partial charge in [-0.3, -0.25) is 9.59 Å². The number of rotatable bonds is 10. The van der Waals surface area contributed by atoms with Crippen molar-refractivity contribution < 1.29 is 14.0 Å². The summed E-state index contributed by atoms with van der Waals surface area (Å²) in [4.78, 5) is 27.3. The highest BCUT2D eigenvalue weighted by molar-refractivity contribution is 9.10. The van der Waals surface area contributed by atoms with Crippen molar-refractivity contribution in [1.29, 1.82) is 0 Å². The van der Waals surface area contributed by atoms with E-state index in [-0.39, 0.29) is 23.4 Å². The average molecular weight is 495 g/mol. The molecule has 162 valence electrons. The van der Waals surface area contributed by atoms with Crippen molar-refractivity contribution in [2.75, 3.05) is 12.3 Å². The topological polar surface area (TPSA) is 49.4 Å². The molecule has 0 heterocycles. The van der Waals surface area contributed by atoms with Gasteiger partial charge in [0.2, 0.25) is 11.8 Å². The minimum Gasteiger partial charge on any atom is -0.354 e. The number of thioether (sulfide) groups is 1. The summed E-state index contributed by atoms with van der Waals surface area (Å²) in [5.74, 6) is 0.644. The van der Waals surface area contributed by atoms with Gasteiger partial charge >= 0.3 is 0 Å². The number of hydrogen-bond donors (Lipinski definition) is 1. The normalized spacial score (nSPS) is 11.9. The highest BCUT2D eigenvalue weighted by Crippen LogP contribution is 2.18. The molecule has 2 aromatic carbocycles. The Bertz CT molecular complexity index is 845. The number of halogens is 2. The van der Waals surface area contributed by atoms with Crippen LogP contribution in [0.5, 0.6) is 0 Å². The molecule has 4 nitrogen and oxygen atoms in total. The maximum atomic E-state index is 13.0. The summed E-state index contributed by atoms with van der Waals surface area (Å²) in [5.41, 5.74) is 1.90. The van der Waals surface area contributed by atoms with Gasteiger partial charge in [0.1, 0.15) is 11.9 Å². The molecule has 0 unspecified atom stereocenters. The lowest BCUT2D eigenvalue weighted by Crippen LogP contribution is -2.48. The Morgan fingerprint density at radius 1 is 1.10 bits per heavy atom. The molecule has 0 aromatic heterocycles. The van der Waals surface area contributed by atoms with Crippen LogP contribution < -0.4 is 5.32 Å². The molecule has 2 aromatic rings. The van der Waals surface area contributed by atoms with Gasteiger partial charge in [0.05, 0.1) is 5.75 Å². The van der Waals surface area contributed by atoms with E-state index in [0.29, 0.717) is 24.8 Å². The second-order valence-electron chi connectivity index (χ2n) is 7.59. The van der Waals surface area contributed by atoms with Crippen molar-refractivity contribution in [1.82, 2.24) is 10.2 Å². The summed E-state index contributed by atoms with van der Waals surface area (Å²) in [7, 11) is 0. The molecule has 0 fully saturated rings. The number of nitrogens with zero attached hydrogens (tertiary/aromatic N) is 1. The zero-order valence-electron chi connectivity index (χ0n) is 17.5. The Morgan fingerprint density at radius 3 is 2.43 bits per heavy atom. The molecule has 0 bridgehead atoms. The molecule has 0 saturated carbocycles. The zero-order valence-corrected chi connectivity index (χ0v) is 19.9. The van der Waals surface area contributed by atoms with E-state index in [2.05, 4.69) is 21.2 Å². The van der Waals surface area contributed by atoms with E-state index in [4.69, 9.17) is 0 Å². The first-order valence-electron chi connectivity index (χ1n) is 9.90. The molecule has 0 aliphatic carbocycles. The molecule has 1 atom stereocenters. The Hall–Kier alpha value is -1.86. The average Bonchev–Trinajstić information content (AvgIpc) is 2.71. The van der Waals surface area contributed by atoms with Crippen molar-refractivity contribution in [2.45, 2.75) is 39.1 Å². The molecular formula is C23H28BrFN2O2S. The molecule has 0 aliphatic rings. The molecule has 0 radical (unpaired) electrons. The molecule has 0 saturated heterocycles. The Morgan fingerprint density at radius 2 is 1.80 bits per heavy atom. The summed E-state index contributed by atoms with van der Waals surface area (Å²) in [6, 6.07) is 13.4. The molecule has 1 N–H and O–H groups in total. The highest BCUT2D eigenvalue weighted by atomic mass is 79.9. The van der Waals surface area contributed by atoms with Crippen molar-refractivity contribution in [3.8, 4) is 0 Å². The van der Waals surface area contributed by atoms with Crippen LogP contribution in [0.15, 0.2) is 53.0 Å². The second-order valence-corrected chi connectivity index (χ2v) is 9.49. The Kier molecular flexibility index (Phi) is 9.85. The first-order valence-corrected chi connectivity index (χ1v) is 11.8. The zero-order chi connectivity index (χ0) is 22.1. The van der Waals surface area contributed by atoms with Gasteiger partial charge in [-0.2, -0.15) is 0 Å². The van der Waals surface area contributed by atoms with E-state index in [0.717, 1.165) is 15.6 Å². The minimum atomic E-state index is -0.582. The van der Waals surface area contributed by atoms with Gasteiger partial charge < -0.3 is 10.2 Å². The van der Waals surface area contributed by atoms with Gasteiger partial charge in [-0.15, -0.1) is 11.8 Å². The fraction of sp³-hybridized carbons (Fsp3) is 0.391. The molecule has 30 heavy (non-hydrogen) atoms. The molecule has 0 aliphatic heterocycles. The largest absolute Gasteiger partial charge is 0.354 e. The monoisotopic (exact) mass is 494 g/mol. The molecule has 0 spiro atoms. The Labute approximate surface area is 190 Å². The number of nitrogens with one attached hydrogen (secondary N) is 1. The fourth-order valence-corrected chi connectivity index (χ4v) is 4.10.